The van der Waals surface area contributed by atoms with Crippen molar-refractivity contribution in [3.05, 3.63) is 70.3 Å². The van der Waals surface area contributed by atoms with E-state index in [1.54, 1.807) is 29.9 Å². The summed E-state index contributed by atoms with van der Waals surface area (Å²) in [6.45, 7) is 2.56. The molecule has 0 radical (unpaired) electrons. The number of carbonyl (C=O) groups excluding carboxylic acids is 1. The van der Waals surface area contributed by atoms with Crippen LogP contribution in [0.1, 0.15) is 22.4 Å². The van der Waals surface area contributed by atoms with Gasteiger partial charge in [-0.2, -0.15) is 0 Å². The van der Waals surface area contributed by atoms with E-state index in [0.717, 1.165) is 23.2 Å². The maximum atomic E-state index is 12.1. The van der Waals surface area contributed by atoms with Crippen molar-refractivity contribution in [1.29, 1.82) is 0 Å². The van der Waals surface area contributed by atoms with Crippen LogP contribution < -0.4 is 5.32 Å². The largest absolute Gasteiger partial charge is 0.352 e. The molecular weight excluding hydrogens is 318 g/mol. The van der Waals surface area contributed by atoms with Crippen LogP contribution >= 0.6 is 11.3 Å². The molecule has 1 amide bonds. The Bertz CT molecular complexity index is 814. The summed E-state index contributed by atoms with van der Waals surface area (Å²) >= 11 is 1.71. The highest BCUT2D eigenvalue weighted by Gasteiger charge is 2.09. The molecule has 0 saturated carbocycles. The first-order valence-corrected chi connectivity index (χ1v) is 8.76. The Morgan fingerprint density at radius 3 is 2.83 bits per heavy atom. The van der Waals surface area contributed by atoms with Gasteiger partial charge in [0.25, 0.3) is 0 Å². The first-order valence-electron chi connectivity index (χ1n) is 7.88. The minimum absolute atomic E-state index is 0.0591. The van der Waals surface area contributed by atoms with Crippen molar-refractivity contribution < 1.29 is 4.79 Å². The predicted octanol–water partition coefficient (Wildman–Crippen LogP) is 3.76. The van der Waals surface area contributed by atoms with Crippen molar-refractivity contribution in [3.63, 3.8) is 0 Å². The lowest BCUT2D eigenvalue weighted by molar-refractivity contribution is -0.121. The third kappa shape index (κ3) is 4.06. The third-order valence-electron chi connectivity index (χ3n) is 3.85. The highest BCUT2D eigenvalue weighted by Crippen LogP contribution is 2.20. The van der Waals surface area contributed by atoms with Gasteiger partial charge in [-0.3, -0.25) is 14.8 Å². The standard InChI is InChI=1S/C19H19N3OS/c1-14-8-11-24-17(14)6-7-18(23)22-13-16-5-3-10-21-19(16)15-4-2-9-20-12-15/h2-5,8-12H,6-7,13H2,1H3,(H,22,23). The van der Waals surface area contributed by atoms with Gasteiger partial charge < -0.3 is 5.32 Å². The van der Waals surface area contributed by atoms with Crippen LogP contribution in [-0.2, 0) is 17.8 Å². The normalized spacial score (nSPS) is 10.5. The number of rotatable bonds is 6. The van der Waals surface area contributed by atoms with Crippen LogP contribution in [0.15, 0.2) is 54.3 Å². The van der Waals surface area contributed by atoms with Crippen LogP contribution in [0.2, 0.25) is 0 Å². The first-order chi connectivity index (χ1) is 11.7. The van der Waals surface area contributed by atoms with Gasteiger partial charge in [-0.15, -0.1) is 11.3 Å². The number of hydrogen-bond acceptors (Lipinski definition) is 4. The molecule has 0 aromatic carbocycles. The lowest BCUT2D eigenvalue weighted by Crippen LogP contribution is -2.23. The molecule has 0 saturated heterocycles. The van der Waals surface area contributed by atoms with E-state index in [1.165, 1.54) is 10.4 Å². The SMILES string of the molecule is Cc1ccsc1CCC(=O)NCc1cccnc1-c1cccnc1. The Morgan fingerprint density at radius 1 is 1.21 bits per heavy atom. The minimum atomic E-state index is 0.0591. The molecular formula is C19H19N3OS. The zero-order chi connectivity index (χ0) is 16.8. The second-order valence-electron chi connectivity index (χ2n) is 5.56. The molecule has 3 aromatic rings. The number of aromatic nitrogens is 2. The second-order valence-corrected chi connectivity index (χ2v) is 6.56. The average molecular weight is 337 g/mol. The smallest absolute Gasteiger partial charge is 0.220 e. The molecule has 24 heavy (non-hydrogen) atoms. The van der Waals surface area contributed by atoms with Crippen molar-refractivity contribution >= 4 is 17.2 Å². The van der Waals surface area contributed by atoms with Crippen LogP contribution in [-0.4, -0.2) is 15.9 Å². The Hall–Kier alpha value is -2.53. The zero-order valence-electron chi connectivity index (χ0n) is 13.5. The molecule has 0 aliphatic carbocycles. The van der Waals surface area contributed by atoms with Gasteiger partial charge in [0.2, 0.25) is 5.91 Å². The number of amides is 1. The van der Waals surface area contributed by atoms with Gasteiger partial charge in [-0.25, -0.2) is 0 Å². The van der Waals surface area contributed by atoms with Gasteiger partial charge in [-0.05, 0) is 54.1 Å². The van der Waals surface area contributed by atoms with Gasteiger partial charge >= 0.3 is 0 Å². The monoisotopic (exact) mass is 337 g/mol. The van der Waals surface area contributed by atoms with Crippen LogP contribution in [0, 0.1) is 6.92 Å². The van der Waals surface area contributed by atoms with Crippen molar-refractivity contribution in [3.8, 4) is 11.3 Å². The summed E-state index contributed by atoms with van der Waals surface area (Å²) in [7, 11) is 0. The molecule has 0 atom stereocenters. The van der Waals surface area contributed by atoms with E-state index in [0.29, 0.717) is 13.0 Å². The Labute approximate surface area is 145 Å². The number of pyridine rings is 2. The Kier molecular flexibility index (Phi) is 5.33. The summed E-state index contributed by atoms with van der Waals surface area (Å²) in [5.74, 6) is 0.0591. The van der Waals surface area contributed by atoms with Crippen molar-refractivity contribution in [1.82, 2.24) is 15.3 Å². The van der Waals surface area contributed by atoms with Crippen LogP contribution in [0.4, 0.5) is 0 Å². The quantitative estimate of drug-likeness (QED) is 0.745. The van der Waals surface area contributed by atoms with Gasteiger partial charge in [0, 0.05) is 42.0 Å². The molecule has 0 unspecified atom stereocenters. The van der Waals surface area contributed by atoms with E-state index in [4.69, 9.17) is 0 Å². The maximum Gasteiger partial charge on any atom is 0.220 e. The average Bonchev–Trinajstić information content (AvgIpc) is 3.04. The zero-order valence-corrected chi connectivity index (χ0v) is 14.3. The summed E-state index contributed by atoms with van der Waals surface area (Å²) in [5, 5.41) is 5.06. The summed E-state index contributed by atoms with van der Waals surface area (Å²) in [6, 6.07) is 9.82. The molecule has 122 valence electrons. The van der Waals surface area contributed by atoms with Gasteiger partial charge in [0.05, 0.1) is 5.69 Å². The number of aryl methyl sites for hydroxylation is 2. The molecule has 3 aromatic heterocycles. The number of carbonyl (C=O) groups is 1. The molecule has 0 spiro atoms. The van der Waals surface area contributed by atoms with Gasteiger partial charge in [0.15, 0.2) is 0 Å². The van der Waals surface area contributed by atoms with E-state index in [-0.39, 0.29) is 5.91 Å². The fourth-order valence-electron chi connectivity index (χ4n) is 2.51. The lowest BCUT2D eigenvalue weighted by atomic mass is 10.1. The molecule has 0 aliphatic rings. The van der Waals surface area contributed by atoms with Crippen LogP contribution in [0.25, 0.3) is 11.3 Å². The van der Waals surface area contributed by atoms with E-state index in [1.807, 2.05) is 24.3 Å². The molecule has 3 heterocycles. The Balaban J connectivity index is 1.61. The van der Waals surface area contributed by atoms with Crippen molar-refractivity contribution in [2.75, 3.05) is 0 Å². The number of hydrogen-bond donors (Lipinski definition) is 1. The van der Waals surface area contributed by atoms with Crippen molar-refractivity contribution in [2.45, 2.75) is 26.3 Å². The number of nitrogens with zero attached hydrogens (tertiary/aromatic N) is 2. The van der Waals surface area contributed by atoms with E-state index < -0.39 is 0 Å². The van der Waals surface area contributed by atoms with Crippen LogP contribution in [0.5, 0.6) is 0 Å². The Morgan fingerprint density at radius 2 is 2.08 bits per heavy atom. The third-order valence-corrected chi connectivity index (χ3v) is 4.93. The second kappa shape index (κ2) is 7.84. The number of nitrogens with one attached hydrogen (secondary N) is 1. The minimum Gasteiger partial charge on any atom is -0.352 e. The molecule has 1 N–H and O–H groups in total. The van der Waals surface area contributed by atoms with E-state index in [9.17, 15) is 4.79 Å². The topological polar surface area (TPSA) is 54.9 Å². The van der Waals surface area contributed by atoms with E-state index in [2.05, 4.69) is 33.7 Å². The summed E-state index contributed by atoms with van der Waals surface area (Å²) in [5.41, 5.74) is 4.07. The summed E-state index contributed by atoms with van der Waals surface area (Å²) in [6.07, 6.45) is 6.57. The highest BCUT2D eigenvalue weighted by atomic mass is 32.1. The predicted molar refractivity (Wildman–Crippen MR) is 96.7 cm³/mol. The molecule has 3 rings (SSSR count). The molecule has 0 aliphatic heterocycles. The molecule has 5 heteroatoms. The van der Waals surface area contributed by atoms with Crippen molar-refractivity contribution in [2.24, 2.45) is 0 Å². The number of thiophene rings is 1. The van der Waals surface area contributed by atoms with Gasteiger partial charge in [-0.1, -0.05) is 6.07 Å². The van der Waals surface area contributed by atoms with Crippen LogP contribution in [0.3, 0.4) is 0 Å². The molecule has 4 nitrogen and oxygen atoms in total. The highest BCUT2D eigenvalue weighted by molar-refractivity contribution is 7.10. The van der Waals surface area contributed by atoms with Gasteiger partial charge in [0.1, 0.15) is 0 Å². The fourth-order valence-corrected chi connectivity index (χ4v) is 3.42. The molecule has 0 fully saturated rings. The van der Waals surface area contributed by atoms with E-state index >= 15 is 0 Å². The first kappa shape index (κ1) is 16.3. The lowest BCUT2D eigenvalue weighted by Gasteiger charge is -2.10. The summed E-state index contributed by atoms with van der Waals surface area (Å²) in [4.78, 5) is 22.0. The fraction of sp³-hybridized carbons (Fsp3) is 0.211. The maximum absolute atomic E-state index is 12.1. The summed E-state index contributed by atoms with van der Waals surface area (Å²) < 4.78 is 0. The molecule has 0 bridgehead atoms.